The summed E-state index contributed by atoms with van der Waals surface area (Å²) in [7, 11) is 0. The molecule has 0 fully saturated rings. The molecule has 0 saturated carbocycles. The minimum Gasteiger partial charge on any atom is -0.234 e. The summed E-state index contributed by atoms with van der Waals surface area (Å²) in [6.07, 6.45) is 0.329. The van der Waals surface area contributed by atoms with Crippen LogP contribution >= 0.6 is 0 Å². The van der Waals surface area contributed by atoms with Crippen LogP contribution in [0.2, 0.25) is 0 Å². The van der Waals surface area contributed by atoms with Gasteiger partial charge in [0.1, 0.15) is 0 Å². The Bertz CT molecular complexity index is 47.0. The molecule has 0 spiro atoms. The maximum Gasteiger partial charge on any atom is 0.0874 e. The maximum atomic E-state index is 4.80. The Kier molecular flexibility index (Phi) is 9.59. The second kappa shape index (κ2) is 6.92. The molecule has 0 radical (unpaired) electrons. The molecule has 3 heteroatoms. The predicted octanol–water partition coefficient (Wildman–Crippen LogP) is 1.75. The van der Waals surface area contributed by atoms with Crippen molar-refractivity contribution in [2.75, 3.05) is 0 Å². The molecule has 0 aliphatic rings. The van der Waals surface area contributed by atoms with Gasteiger partial charge in [-0.2, -0.15) is 0 Å². The van der Waals surface area contributed by atoms with Crippen molar-refractivity contribution < 1.29 is 36.0 Å². The van der Waals surface area contributed by atoms with Crippen LogP contribution in [0.4, 0.5) is 0 Å². The molecule has 0 unspecified atom stereocenters. The van der Waals surface area contributed by atoms with Gasteiger partial charge in [-0.15, -0.1) is 0 Å². The fourth-order valence-electron chi connectivity index (χ4n) is 0.222. The Morgan fingerprint density at radius 3 is 1.11 bits per heavy atom. The Morgan fingerprint density at radius 2 is 1.00 bits per heavy atom. The van der Waals surface area contributed by atoms with Crippen molar-refractivity contribution in [1.29, 1.82) is 0 Å². The molecule has 0 aliphatic heterocycles. The zero-order valence-electron chi connectivity index (χ0n) is 6.47. The summed E-state index contributed by atoms with van der Waals surface area (Å²) in [6, 6.07) is 0. The van der Waals surface area contributed by atoms with Crippen LogP contribution in [0.15, 0.2) is 0 Å². The molecule has 0 rings (SSSR count). The van der Waals surface area contributed by atoms with E-state index in [0.717, 1.165) is 0 Å². The van der Waals surface area contributed by atoms with E-state index in [1.807, 2.05) is 27.7 Å². The Balaban J connectivity index is 0. The first-order chi connectivity index (χ1) is 3.63. The third-order valence-corrected chi connectivity index (χ3v) is 0.440. The van der Waals surface area contributed by atoms with E-state index in [-0.39, 0.29) is 38.4 Å². The molecule has 0 amide bonds. The van der Waals surface area contributed by atoms with Gasteiger partial charge < -0.3 is 0 Å². The van der Waals surface area contributed by atoms with E-state index in [0.29, 0.717) is 0 Å². The van der Waals surface area contributed by atoms with Gasteiger partial charge in [-0.25, -0.2) is 9.78 Å². The quantitative estimate of drug-likeness (QED) is 0.521. The Labute approximate surface area is 76.0 Å². The van der Waals surface area contributed by atoms with E-state index in [2.05, 4.69) is 0 Å². The van der Waals surface area contributed by atoms with Crippen molar-refractivity contribution in [3.05, 3.63) is 0 Å². The molecule has 0 bridgehead atoms. The van der Waals surface area contributed by atoms with Gasteiger partial charge in [-0.3, -0.25) is 0 Å². The van der Waals surface area contributed by atoms with Crippen molar-refractivity contribution in [2.24, 2.45) is 0 Å². The molecule has 0 saturated heterocycles. The third-order valence-electron chi connectivity index (χ3n) is 0.440. The van der Waals surface area contributed by atoms with Crippen LogP contribution in [-0.4, -0.2) is 12.2 Å². The summed E-state index contributed by atoms with van der Waals surface area (Å²) in [4.78, 5) is 9.61. The van der Waals surface area contributed by atoms with Crippen molar-refractivity contribution in [3.8, 4) is 0 Å². The molecule has 9 heavy (non-hydrogen) atoms. The summed E-state index contributed by atoms with van der Waals surface area (Å²) in [6.45, 7) is 7.73. The first-order valence-corrected chi connectivity index (χ1v) is 2.95. The minimum atomic E-state index is 0. The van der Waals surface area contributed by atoms with Crippen LogP contribution in [0, 0.1) is 0 Å². The third kappa shape index (κ3) is 12.1. The number of rotatable bonds is 3. The van der Waals surface area contributed by atoms with Gasteiger partial charge in [0.2, 0.25) is 0 Å². The van der Waals surface area contributed by atoms with Gasteiger partial charge in [0.15, 0.2) is 0 Å². The first kappa shape index (κ1) is 12.5. The molecule has 0 aromatic carbocycles. The molecule has 0 heterocycles. The fourth-order valence-corrected chi connectivity index (χ4v) is 0.222. The average Bonchev–Trinajstić information content (AvgIpc) is 1.61. The average molecular weight is 209 g/mol. The molecule has 54 valence electrons. The zero-order valence-corrected chi connectivity index (χ0v) is 8.93. The molecular weight excluding hydrogens is 195 g/mol. The van der Waals surface area contributed by atoms with Gasteiger partial charge in [0.05, 0.1) is 12.2 Å². The van der Waals surface area contributed by atoms with Gasteiger partial charge in [-0.1, -0.05) is 0 Å². The summed E-state index contributed by atoms with van der Waals surface area (Å²) in [5.74, 6) is 0. The summed E-state index contributed by atoms with van der Waals surface area (Å²) >= 11 is 0. The summed E-state index contributed by atoms with van der Waals surface area (Å²) in [5.41, 5.74) is 0. The molecule has 0 N–H and O–H groups in total. The Morgan fingerprint density at radius 1 is 0.778 bits per heavy atom. The molecule has 0 aromatic heterocycles. The van der Waals surface area contributed by atoms with Crippen molar-refractivity contribution >= 4 is 0 Å². The normalized spacial score (nSPS) is 10.0. The SMILES string of the molecule is CC(C)OOC(C)C.[Zr]. The fraction of sp³-hybridized carbons (Fsp3) is 1.00. The molecule has 0 aliphatic carbocycles. The van der Waals surface area contributed by atoms with Crippen molar-refractivity contribution in [1.82, 2.24) is 0 Å². The molecule has 0 atom stereocenters. The molecule has 0 aromatic rings. The van der Waals surface area contributed by atoms with Crippen LogP contribution in [0.25, 0.3) is 0 Å². The van der Waals surface area contributed by atoms with Gasteiger partial charge in [-0.05, 0) is 27.7 Å². The van der Waals surface area contributed by atoms with E-state index < -0.39 is 0 Å². The van der Waals surface area contributed by atoms with Crippen molar-refractivity contribution in [3.63, 3.8) is 0 Å². The van der Waals surface area contributed by atoms with E-state index in [4.69, 9.17) is 9.78 Å². The summed E-state index contributed by atoms with van der Waals surface area (Å²) in [5, 5.41) is 0. The standard InChI is InChI=1S/C6H14O2.Zr/c1-5(2)7-8-6(3)4;/h5-6H,1-4H3;. The van der Waals surface area contributed by atoms with Crippen LogP contribution in [-0.2, 0) is 36.0 Å². The first-order valence-electron chi connectivity index (χ1n) is 2.95. The van der Waals surface area contributed by atoms with E-state index >= 15 is 0 Å². The van der Waals surface area contributed by atoms with Crippen LogP contribution in [0.5, 0.6) is 0 Å². The topological polar surface area (TPSA) is 18.5 Å². The molecule has 2 nitrogen and oxygen atoms in total. The summed E-state index contributed by atoms with van der Waals surface area (Å²) < 4.78 is 0. The maximum absolute atomic E-state index is 4.80. The Hall–Kier alpha value is 0.803. The van der Waals surface area contributed by atoms with E-state index in [9.17, 15) is 0 Å². The van der Waals surface area contributed by atoms with Crippen LogP contribution < -0.4 is 0 Å². The van der Waals surface area contributed by atoms with E-state index in [1.54, 1.807) is 0 Å². The van der Waals surface area contributed by atoms with Gasteiger partial charge in [0, 0.05) is 26.2 Å². The second-order valence-corrected chi connectivity index (χ2v) is 2.29. The predicted molar refractivity (Wildman–Crippen MR) is 32.4 cm³/mol. The van der Waals surface area contributed by atoms with Gasteiger partial charge in [0.25, 0.3) is 0 Å². The van der Waals surface area contributed by atoms with Gasteiger partial charge >= 0.3 is 0 Å². The largest absolute Gasteiger partial charge is 0.234 e. The minimum absolute atomic E-state index is 0. The number of hydrogen-bond acceptors (Lipinski definition) is 2. The number of hydrogen-bond donors (Lipinski definition) is 0. The van der Waals surface area contributed by atoms with Crippen LogP contribution in [0.1, 0.15) is 27.7 Å². The zero-order chi connectivity index (χ0) is 6.57. The second-order valence-electron chi connectivity index (χ2n) is 2.29. The molecular formula is C6H14O2Zr. The smallest absolute Gasteiger partial charge is 0.0874 e. The monoisotopic (exact) mass is 208 g/mol. The van der Waals surface area contributed by atoms with E-state index in [1.165, 1.54) is 0 Å². The van der Waals surface area contributed by atoms with Crippen LogP contribution in [0.3, 0.4) is 0 Å². The van der Waals surface area contributed by atoms with Crippen molar-refractivity contribution in [2.45, 2.75) is 39.9 Å².